The van der Waals surface area contributed by atoms with Crippen molar-refractivity contribution >= 4 is 5.91 Å². The van der Waals surface area contributed by atoms with Crippen LogP contribution in [0.25, 0.3) is 5.69 Å². The Morgan fingerprint density at radius 2 is 2.21 bits per heavy atom. The van der Waals surface area contributed by atoms with Gasteiger partial charge in [-0.2, -0.15) is 5.10 Å². The minimum atomic E-state index is -0.0838. The molecule has 0 saturated carbocycles. The van der Waals surface area contributed by atoms with Crippen LogP contribution >= 0.6 is 0 Å². The van der Waals surface area contributed by atoms with Gasteiger partial charge in [0.15, 0.2) is 0 Å². The minimum absolute atomic E-state index is 0.0368. The summed E-state index contributed by atoms with van der Waals surface area (Å²) in [5, 5.41) is 7.17. The Morgan fingerprint density at radius 3 is 2.89 bits per heavy atom. The highest BCUT2D eigenvalue weighted by Gasteiger charge is 2.13. The summed E-state index contributed by atoms with van der Waals surface area (Å²) < 4.78 is 1.79. The van der Waals surface area contributed by atoms with Gasteiger partial charge in [-0.15, -0.1) is 0 Å². The molecule has 1 unspecified atom stereocenters. The molecule has 0 aliphatic heterocycles. The zero-order valence-electron chi connectivity index (χ0n) is 10.9. The van der Waals surface area contributed by atoms with Crippen molar-refractivity contribution in [2.24, 2.45) is 5.73 Å². The Kier molecular flexibility index (Phi) is 4.30. The van der Waals surface area contributed by atoms with Gasteiger partial charge < -0.3 is 11.1 Å². The fraction of sp³-hybridized carbons (Fsp3) is 0.286. The normalized spacial score (nSPS) is 12.1. The number of carbonyl (C=O) groups excluding carboxylic acids is 1. The first kappa shape index (κ1) is 13.3. The van der Waals surface area contributed by atoms with Crippen LogP contribution in [0.2, 0.25) is 0 Å². The quantitative estimate of drug-likeness (QED) is 0.851. The summed E-state index contributed by atoms with van der Waals surface area (Å²) in [5.41, 5.74) is 7.37. The molecule has 2 rings (SSSR count). The molecule has 1 aromatic heterocycles. The molecule has 1 atom stereocenters. The molecule has 0 fully saturated rings. The average molecular weight is 258 g/mol. The lowest BCUT2D eigenvalue weighted by atomic mass is 10.1. The van der Waals surface area contributed by atoms with Crippen LogP contribution in [0.3, 0.4) is 0 Å². The van der Waals surface area contributed by atoms with Crippen molar-refractivity contribution in [1.82, 2.24) is 15.1 Å². The maximum absolute atomic E-state index is 11.6. The standard InChI is InChI=1S/C14H18N4O/c1-11(17-14(19)7-8-15)12-5-2-3-6-13(12)18-10-4-9-16-18/h2-6,9-11H,7-8,15H2,1H3,(H,17,19). The van der Waals surface area contributed by atoms with Crippen molar-refractivity contribution in [3.63, 3.8) is 0 Å². The Balaban J connectivity index is 2.22. The number of benzene rings is 1. The molecule has 19 heavy (non-hydrogen) atoms. The molecule has 0 aliphatic carbocycles. The Morgan fingerprint density at radius 1 is 1.42 bits per heavy atom. The lowest BCUT2D eigenvalue weighted by Gasteiger charge is -2.17. The number of nitrogens with zero attached hydrogens (tertiary/aromatic N) is 2. The highest BCUT2D eigenvalue weighted by atomic mass is 16.1. The van der Waals surface area contributed by atoms with Crippen LogP contribution in [0.1, 0.15) is 24.9 Å². The molecule has 1 aromatic carbocycles. The molecule has 0 saturated heterocycles. The summed E-state index contributed by atoms with van der Waals surface area (Å²) >= 11 is 0. The van der Waals surface area contributed by atoms with E-state index in [1.54, 1.807) is 10.9 Å². The Bertz CT molecular complexity index is 536. The summed E-state index contributed by atoms with van der Waals surface area (Å²) in [7, 11) is 0. The van der Waals surface area contributed by atoms with Crippen LogP contribution in [0.5, 0.6) is 0 Å². The van der Waals surface area contributed by atoms with E-state index >= 15 is 0 Å². The Hall–Kier alpha value is -2.14. The van der Waals surface area contributed by atoms with E-state index < -0.39 is 0 Å². The van der Waals surface area contributed by atoms with Crippen LogP contribution in [0, 0.1) is 0 Å². The first-order chi connectivity index (χ1) is 9.22. The summed E-state index contributed by atoms with van der Waals surface area (Å²) in [6.45, 7) is 2.32. The van der Waals surface area contributed by atoms with Gasteiger partial charge in [-0.25, -0.2) is 4.68 Å². The average Bonchev–Trinajstić information content (AvgIpc) is 2.92. The second-order valence-electron chi connectivity index (χ2n) is 4.34. The summed E-state index contributed by atoms with van der Waals surface area (Å²) in [4.78, 5) is 11.6. The van der Waals surface area contributed by atoms with Gasteiger partial charge in [0.1, 0.15) is 0 Å². The number of hydrogen-bond donors (Lipinski definition) is 2. The van der Waals surface area contributed by atoms with Crippen LogP contribution in [-0.2, 0) is 4.79 Å². The zero-order valence-corrected chi connectivity index (χ0v) is 10.9. The predicted octanol–water partition coefficient (Wildman–Crippen LogP) is 1.40. The van der Waals surface area contributed by atoms with Gasteiger partial charge in [0.25, 0.3) is 0 Å². The number of carbonyl (C=O) groups is 1. The lowest BCUT2D eigenvalue weighted by Crippen LogP contribution is -2.29. The molecule has 100 valence electrons. The molecule has 2 aromatic rings. The molecule has 5 heteroatoms. The van der Waals surface area contributed by atoms with Gasteiger partial charge in [-0.1, -0.05) is 18.2 Å². The van der Waals surface area contributed by atoms with Crippen molar-refractivity contribution in [3.05, 3.63) is 48.3 Å². The summed E-state index contributed by atoms with van der Waals surface area (Å²) in [6, 6.07) is 9.66. The van der Waals surface area contributed by atoms with E-state index in [1.807, 2.05) is 43.5 Å². The Labute approximate surface area is 112 Å². The smallest absolute Gasteiger partial charge is 0.221 e. The fourth-order valence-electron chi connectivity index (χ4n) is 2.00. The van der Waals surface area contributed by atoms with E-state index in [0.717, 1.165) is 11.3 Å². The topological polar surface area (TPSA) is 72.9 Å². The van der Waals surface area contributed by atoms with Crippen molar-refractivity contribution in [2.75, 3.05) is 6.54 Å². The second-order valence-corrected chi connectivity index (χ2v) is 4.34. The number of aromatic nitrogens is 2. The van der Waals surface area contributed by atoms with E-state index in [-0.39, 0.29) is 11.9 Å². The van der Waals surface area contributed by atoms with E-state index in [0.29, 0.717) is 13.0 Å². The molecule has 0 bridgehead atoms. The van der Waals surface area contributed by atoms with Gasteiger partial charge in [-0.05, 0) is 24.6 Å². The van der Waals surface area contributed by atoms with Gasteiger partial charge in [0, 0.05) is 25.4 Å². The van der Waals surface area contributed by atoms with Gasteiger partial charge in [0.2, 0.25) is 5.91 Å². The minimum Gasteiger partial charge on any atom is -0.349 e. The molecule has 0 radical (unpaired) electrons. The van der Waals surface area contributed by atoms with Gasteiger partial charge in [0.05, 0.1) is 11.7 Å². The summed E-state index contributed by atoms with van der Waals surface area (Å²) in [5.74, 6) is -0.0368. The molecule has 5 nitrogen and oxygen atoms in total. The highest BCUT2D eigenvalue weighted by Crippen LogP contribution is 2.20. The SMILES string of the molecule is CC(NC(=O)CCN)c1ccccc1-n1cccn1. The van der Waals surface area contributed by atoms with Crippen LogP contribution in [0.4, 0.5) is 0 Å². The third kappa shape index (κ3) is 3.20. The summed E-state index contributed by atoms with van der Waals surface area (Å²) in [6.07, 6.45) is 3.95. The second kappa shape index (κ2) is 6.15. The molecule has 0 spiro atoms. The largest absolute Gasteiger partial charge is 0.349 e. The first-order valence-electron chi connectivity index (χ1n) is 6.30. The first-order valence-corrected chi connectivity index (χ1v) is 6.30. The van der Waals surface area contributed by atoms with Crippen molar-refractivity contribution in [3.8, 4) is 5.69 Å². The molecule has 1 heterocycles. The van der Waals surface area contributed by atoms with Crippen LogP contribution in [-0.4, -0.2) is 22.2 Å². The number of para-hydroxylation sites is 1. The lowest BCUT2D eigenvalue weighted by molar-refractivity contribution is -0.121. The van der Waals surface area contributed by atoms with Crippen molar-refractivity contribution in [1.29, 1.82) is 0 Å². The van der Waals surface area contributed by atoms with E-state index in [4.69, 9.17) is 5.73 Å². The zero-order chi connectivity index (χ0) is 13.7. The van der Waals surface area contributed by atoms with Crippen molar-refractivity contribution < 1.29 is 4.79 Å². The number of nitrogens with one attached hydrogen (secondary N) is 1. The van der Waals surface area contributed by atoms with E-state index in [1.165, 1.54) is 0 Å². The molecular formula is C14H18N4O. The highest BCUT2D eigenvalue weighted by molar-refractivity contribution is 5.76. The van der Waals surface area contributed by atoms with Gasteiger partial charge >= 0.3 is 0 Å². The maximum atomic E-state index is 11.6. The third-order valence-corrected chi connectivity index (χ3v) is 2.90. The molecular weight excluding hydrogens is 240 g/mol. The molecule has 0 aliphatic rings. The van der Waals surface area contributed by atoms with Crippen molar-refractivity contribution in [2.45, 2.75) is 19.4 Å². The number of amides is 1. The monoisotopic (exact) mass is 258 g/mol. The predicted molar refractivity (Wildman–Crippen MR) is 73.8 cm³/mol. The van der Waals surface area contributed by atoms with E-state index in [2.05, 4.69) is 10.4 Å². The van der Waals surface area contributed by atoms with Crippen LogP contribution < -0.4 is 11.1 Å². The fourth-order valence-corrected chi connectivity index (χ4v) is 2.00. The van der Waals surface area contributed by atoms with Gasteiger partial charge in [-0.3, -0.25) is 4.79 Å². The number of rotatable bonds is 5. The molecule has 1 amide bonds. The van der Waals surface area contributed by atoms with E-state index in [9.17, 15) is 4.79 Å². The number of hydrogen-bond acceptors (Lipinski definition) is 3. The maximum Gasteiger partial charge on any atom is 0.221 e. The molecule has 3 N–H and O–H groups in total. The number of nitrogens with two attached hydrogens (primary N) is 1. The third-order valence-electron chi connectivity index (χ3n) is 2.90. The van der Waals surface area contributed by atoms with Crippen LogP contribution in [0.15, 0.2) is 42.7 Å².